The largest absolute Gasteiger partial charge is 0.396 e. The number of nitrogen functional groups attached to an aromatic ring is 2. The van der Waals surface area contributed by atoms with Crippen LogP contribution in [0.4, 0.5) is 11.4 Å². The number of aryl methyl sites for hydroxylation is 1. The summed E-state index contributed by atoms with van der Waals surface area (Å²) >= 11 is 0. The first-order valence-electron chi connectivity index (χ1n) is 7.33. The Kier molecular flexibility index (Phi) is 5.36. The van der Waals surface area contributed by atoms with Crippen LogP contribution < -0.4 is 11.5 Å². The summed E-state index contributed by atoms with van der Waals surface area (Å²) < 4.78 is 11.1. The van der Waals surface area contributed by atoms with Crippen molar-refractivity contribution in [2.24, 2.45) is 0 Å². The lowest BCUT2D eigenvalue weighted by atomic mass is 10.1. The maximum Gasteiger partial charge on any atom is 0.157 e. The van der Waals surface area contributed by atoms with Gasteiger partial charge < -0.3 is 20.9 Å². The molecule has 0 unspecified atom stereocenters. The predicted molar refractivity (Wildman–Crippen MR) is 85.9 cm³/mol. The van der Waals surface area contributed by atoms with Gasteiger partial charge in [-0.3, -0.25) is 4.98 Å². The fourth-order valence-electron chi connectivity index (χ4n) is 2.34. The first kappa shape index (κ1) is 15.5. The number of ether oxygens (including phenoxy) is 2. The highest BCUT2D eigenvalue weighted by Crippen LogP contribution is 2.28. The van der Waals surface area contributed by atoms with Gasteiger partial charge in [-0.2, -0.15) is 0 Å². The zero-order chi connectivity index (χ0) is 15.2. The van der Waals surface area contributed by atoms with Crippen molar-refractivity contribution in [1.29, 1.82) is 0 Å². The zero-order valence-corrected chi connectivity index (χ0v) is 12.6. The molecule has 0 amide bonds. The Morgan fingerprint density at radius 3 is 2.38 bits per heavy atom. The monoisotopic (exact) mass is 289 g/mol. The summed E-state index contributed by atoms with van der Waals surface area (Å²) in [4.78, 5) is 4.61. The van der Waals surface area contributed by atoms with Crippen molar-refractivity contribution >= 4 is 22.3 Å². The minimum absolute atomic E-state index is 0.228. The molecule has 0 atom stereocenters. The summed E-state index contributed by atoms with van der Waals surface area (Å²) in [7, 11) is 0. The van der Waals surface area contributed by atoms with Crippen LogP contribution in [0.1, 0.15) is 26.0 Å². The van der Waals surface area contributed by atoms with Gasteiger partial charge in [-0.1, -0.05) is 18.2 Å². The van der Waals surface area contributed by atoms with Crippen molar-refractivity contribution in [3.05, 3.63) is 30.0 Å². The molecular formula is C16H23N3O2. The molecule has 114 valence electrons. The quantitative estimate of drug-likeness (QED) is 0.766. The minimum atomic E-state index is -0.228. The lowest BCUT2D eigenvalue weighted by Crippen LogP contribution is -2.19. The number of nitrogens with two attached hydrogens (primary N) is 2. The standard InChI is InChI=1S/C16H23N3O2/c1-3-20-14(21-4-2)10-9-13-16(18)15(17)11-7-5-6-8-12(11)19-13/h5-8,14H,3-4,9-10,18H2,1-2H3,(H2,17,19). The first-order valence-corrected chi connectivity index (χ1v) is 7.33. The second kappa shape index (κ2) is 7.24. The molecule has 0 spiro atoms. The lowest BCUT2D eigenvalue weighted by Gasteiger charge is -2.17. The van der Waals surface area contributed by atoms with Crippen molar-refractivity contribution in [3.63, 3.8) is 0 Å². The summed E-state index contributed by atoms with van der Waals surface area (Å²) in [6.45, 7) is 5.14. The van der Waals surface area contributed by atoms with Crippen molar-refractivity contribution in [2.45, 2.75) is 33.0 Å². The Bertz CT molecular complexity index is 595. The van der Waals surface area contributed by atoms with Crippen LogP contribution in [0, 0.1) is 0 Å². The van der Waals surface area contributed by atoms with Crippen LogP contribution in [0.5, 0.6) is 0 Å². The van der Waals surface area contributed by atoms with Crippen LogP contribution in [-0.4, -0.2) is 24.5 Å². The summed E-state index contributed by atoms with van der Waals surface area (Å²) in [5.41, 5.74) is 15.0. The Hall–Kier alpha value is -1.85. The molecule has 0 aliphatic heterocycles. The third-order valence-electron chi connectivity index (χ3n) is 3.37. The van der Waals surface area contributed by atoms with Gasteiger partial charge in [0.05, 0.1) is 22.6 Å². The molecule has 21 heavy (non-hydrogen) atoms. The molecule has 1 aromatic carbocycles. The molecule has 0 radical (unpaired) electrons. The highest BCUT2D eigenvalue weighted by Gasteiger charge is 2.13. The van der Waals surface area contributed by atoms with Gasteiger partial charge in [-0.05, 0) is 26.3 Å². The molecule has 0 saturated heterocycles. The topological polar surface area (TPSA) is 83.4 Å². The van der Waals surface area contributed by atoms with Gasteiger partial charge >= 0.3 is 0 Å². The van der Waals surface area contributed by atoms with Crippen LogP contribution >= 0.6 is 0 Å². The SMILES string of the molecule is CCOC(CCc1nc2ccccc2c(N)c1N)OCC. The van der Waals surface area contributed by atoms with Crippen LogP contribution in [0.2, 0.25) is 0 Å². The Morgan fingerprint density at radius 1 is 1.05 bits per heavy atom. The molecule has 5 nitrogen and oxygen atoms in total. The molecule has 0 aliphatic rings. The summed E-state index contributed by atoms with van der Waals surface area (Å²) in [6, 6.07) is 7.75. The molecule has 5 heteroatoms. The Labute approximate surface area is 125 Å². The molecule has 0 saturated carbocycles. The van der Waals surface area contributed by atoms with E-state index in [0.29, 0.717) is 37.4 Å². The van der Waals surface area contributed by atoms with Gasteiger partial charge in [0.2, 0.25) is 0 Å². The number of fused-ring (bicyclic) bond motifs is 1. The maximum absolute atomic E-state index is 6.12. The molecule has 0 bridgehead atoms. The fourth-order valence-corrected chi connectivity index (χ4v) is 2.34. The zero-order valence-electron chi connectivity index (χ0n) is 12.6. The lowest BCUT2D eigenvalue weighted by molar-refractivity contribution is -0.139. The highest BCUT2D eigenvalue weighted by molar-refractivity contribution is 5.96. The van der Waals surface area contributed by atoms with E-state index < -0.39 is 0 Å². The van der Waals surface area contributed by atoms with E-state index in [9.17, 15) is 0 Å². The van der Waals surface area contributed by atoms with E-state index in [4.69, 9.17) is 20.9 Å². The molecule has 4 N–H and O–H groups in total. The van der Waals surface area contributed by atoms with E-state index >= 15 is 0 Å². The summed E-state index contributed by atoms with van der Waals surface area (Å²) in [5.74, 6) is 0. The molecule has 0 aliphatic carbocycles. The van der Waals surface area contributed by atoms with Crippen LogP contribution in [0.25, 0.3) is 10.9 Å². The average Bonchev–Trinajstić information content (AvgIpc) is 2.50. The first-order chi connectivity index (χ1) is 10.2. The Morgan fingerprint density at radius 2 is 1.71 bits per heavy atom. The van der Waals surface area contributed by atoms with Crippen molar-refractivity contribution < 1.29 is 9.47 Å². The highest BCUT2D eigenvalue weighted by atomic mass is 16.7. The van der Waals surface area contributed by atoms with E-state index in [1.807, 2.05) is 38.1 Å². The minimum Gasteiger partial charge on any atom is -0.396 e. The van der Waals surface area contributed by atoms with Gasteiger partial charge in [0.15, 0.2) is 6.29 Å². The fraction of sp³-hybridized carbons (Fsp3) is 0.438. The molecule has 0 fully saturated rings. The van der Waals surface area contributed by atoms with E-state index in [-0.39, 0.29) is 6.29 Å². The molecule has 2 rings (SSSR count). The average molecular weight is 289 g/mol. The number of aromatic nitrogens is 1. The maximum atomic E-state index is 6.12. The van der Waals surface area contributed by atoms with Crippen LogP contribution in [0.3, 0.4) is 0 Å². The Balaban J connectivity index is 2.20. The normalized spacial score (nSPS) is 11.4. The third kappa shape index (κ3) is 3.62. The second-order valence-electron chi connectivity index (χ2n) is 4.78. The van der Waals surface area contributed by atoms with Gasteiger partial charge in [-0.25, -0.2) is 0 Å². The van der Waals surface area contributed by atoms with Gasteiger partial charge in [0, 0.05) is 25.0 Å². The number of para-hydroxylation sites is 1. The van der Waals surface area contributed by atoms with Crippen molar-refractivity contribution in [1.82, 2.24) is 4.98 Å². The van der Waals surface area contributed by atoms with Gasteiger partial charge in [0.1, 0.15) is 0 Å². The van der Waals surface area contributed by atoms with E-state index in [0.717, 1.165) is 16.6 Å². The number of pyridine rings is 1. The third-order valence-corrected chi connectivity index (χ3v) is 3.37. The predicted octanol–water partition coefficient (Wildman–Crippen LogP) is 2.73. The van der Waals surface area contributed by atoms with Gasteiger partial charge in [-0.15, -0.1) is 0 Å². The number of hydrogen-bond donors (Lipinski definition) is 2. The number of anilines is 2. The smallest absolute Gasteiger partial charge is 0.157 e. The van der Waals surface area contributed by atoms with E-state index in [2.05, 4.69) is 4.98 Å². The number of benzene rings is 1. The van der Waals surface area contributed by atoms with Crippen molar-refractivity contribution in [2.75, 3.05) is 24.7 Å². The van der Waals surface area contributed by atoms with Crippen molar-refractivity contribution in [3.8, 4) is 0 Å². The van der Waals surface area contributed by atoms with E-state index in [1.165, 1.54) is 0 Å². The van der Waals surface area contributed by atoms with Crippen LogP contribution in [-0.2, 0) is 15.9 Å². The van der Waals surface area contributed by atoms with E-state index in [1.54, 1.807) is 0 Å². The molecule has 1 aromatic heterocycles. The van der Waals surface area contributed by atoms with Crippen LogP contribution in [0.15, 0.2) is 24.3 Å². The molecular weight excluding hydrogens is 266 g/mol. The van der Waals surface area contributed by atoms with Gasteiger partial charge in [0.25, 0.3) is 0 Å². The number of rotatable bonds is 7. The molecule has 2 aromatic rings. The summed E-state index contributed by atoms with van der Waals surface area (Å²) in [5, 5.41) is 0.893. The summed E-state index contributed by atoms with van der Waals surface area (Å²) in [6.07, 6.45) is 1.15. The second-order valence-corrected chi connectivity index (χ2v) is 4.78. The number of hydrogen-bond acceptors (Lipinski definition) is 5. The number of nitrogens with zero attached hydrogens (tertiary/aromatic N) is 1. The molecule has 1 heterocycles.